The standard InChI is InChI=1S/C40H24N2O2/c1-2-9-25(10-3-1)28-19-20-36-34(23-28)38-40(44-36)37(41-24-42-38)30-14-7-12-27(22-30)26-11-6-13-29(21-26)31-16-8-17-33-32-15-4-5-18-35(32)43-39(31)33/h1-24H. The molecule has 3 heterocycles. The van der Waals surface area contributed by atoms with E-state index in [9.17, 15) is 0 Å². The van der Waals surface area contributed by atoms with Crippen LogP contribution in [-0.4, -0.2) is 9.97 Å². The summed E-state index contributed by atoms with van der Waals surface area (Å²) in [7, 11) is 0. The largest absolute Gasteiger partial charge is 0.455 e. The smallest absolute Gasteiger partial charge is 0.180 e. The van der Waals surface area contributed by atoms with Gasteiger partial charge in [0.25, 0.3) is 0 Å². The summed E-state index contributed by atoms with van der Waals surface area (Å²) >= 11 is 0. The van der Waals surface area contributed by atoms with E-state index in [1.165, 1.54) is 0 Å². The van der Waals surface area contributed by atoms with Gasteiger partial charge >= 0.3 is 0 Å². The fourth-order valence-corrected chi connectivity index (χ4v) is 6.28. The van der Waals surface area contributed by atoms with Crippen molar-refractivity contribution < 1.29 is 8.83 Å². The van der Waals surface area contributed by atoms with Crippen LogP contribution in [0.4, 0.5) is 0 Å². The van der Waals surface area contributed by atoms with Crippen LogP contribution in [0.15, 0.2) is 155 Å². The minimum atomic E-state index is 0.690. The van der Waals surface area contributed by atoms with Gasteiger partial charge in [-0.3, -0.25) is 0 Å². The van der Waals surface area contributed by atoms with Crippen molar-refractivity contribution in [3.8, 4) is 44.6 Å². The Hall–Kier alpha value is -6.00. The molecule has 9 rings (SSSR count). The molecule has 9 aromatic rings. The molecule has 206 valence electrons. The maximum absolute atomic E-state index is 6.38. The third kappa shape index (κ3) is 3.92. The predicted molar refractivity (Wildman–Crippen MR) is 178 cm³/mol. The van der Waals surface area contributed by atoms with E-state index in [1.807, 2.05) is 24.3 Å². The second-order valence-corrected chi connectivity index (χ2v) is 11.0. The number of benzene rings is 6. The minimum Gasteiger partial charge on any atom is -0.455 e. The van der Waals surface area contributed by atoms with Gasteiger partial charge in [-0.1, -0.05) is 109 Å². The van der Waals surface area contributed by atoms with Gasteiger partial charge in [0.05, 0.1) is 0 Å². The van der Waals surface area contributed by atoms with Gasteiger partial charge < -0.3 is 8.83 Å². The summed E-state index contributed by atoms with van der Waals surface area (Å²) in [4.78, 5) is 9.33. The van der Waals surface area contributed by atoms with E-state index in [-0.39, 0.29) is 0 Å². The molecule has 0 unspecified atom stereocenters. The number of nitrogens with zero attached hydrogens (tertiary/aromatic N) is 2. The highest BCUT2D eigenvalue weighted by molar-refractivity contribution is 6.10. The Morgan fingerprint density at radius 3 is 1.91 bits per heavy atom. The summed E-state index contributed by atoms with van der Waals surface area (Å²) < 4.78 is 12.7. The number of furan rings is 2. The molecule has 0 bridgehead atoms. The van der Waals surface area contributed by atoms with Crippen LogP contribution < -0.4 is 0 Å². The number of hydrogen-bond donors (Lipinski definition) is 0. The SMILES string of the molecule is c1ccc(-c2ccc3oc4c(-c5cccc(-c6cccc(-c7cccc8c7oc7ccccc78)c6)c5)ncnc4c3c2)cc1. The molecular weight excluding hydrogens is 540 g/mol. The third-order valence-electron chi connectivity index (χ3n) is 8.40. The van der Waals surface area contributed by atoms with Gasteiger partial charge in [0, 0.05) is 27.3 Å². The normalized spacial score (nSPS) is 11.6. The van der Waals surface area contributed by atoms with Gasteiger partial charge in [-0.05, 0) is 58.1 Å². The second-order valence-electron chi connectivity index (χ2n) is 11.0. The first-order valence-corrected chi connectivity index (χ1v) is 14.6. The summed E-state index contributed by atoms with van der Waals surface area (Å²) in [6.07, 6.45) is 1.63. The summed E-state index contributed by atoms with van der Waals surface area (Å²) in [6.45, 7) is 0. The quantitative estimate of drug-likeness (QED) is 0.213. The molecule has 0 spiro atoms. The average molecular weight is 565 g/mol. The molecule has 0 fully saturated rings. The van der Waals surface area contributed by atoms with Crippen LogP contribution in [-0.2, 0) is 0 Å². The first-order chi connectivity index (χ1) is 21.8. The van der Waals surface area contributed by atoms with Crippen LogP contribution in [0.25, 0.3) is 88.6 Å². The van der Waals surface area contributed by atoms with Crippen molar-refractivity contribution in [1.82, 2.24) is 9.97 Å². The molecule has 0 atom stereocenters. The third-order valence-corrected chi connectivity index (χ3v) is 8.40. The molecule has 0 amide bonds. The number of para-hydroxylation sites is 2. The van der Waals surface area contributed by atoms with Crippen molar-refractivity contribution in [2.24, 2.45) is 0 Å². The molecule has 0 saturated heterocycles. The van der Waals surface area contributed by atoms with Crippen LogP contribution in [0.3, 0.4) is 0 Å². The Balaban J connectivity index is 1.14. The Morgan fingerprint density at radius 2 is 1.02 bits per heavy atom. The van der Waals surface area contributed by atoms with E-state index in [2.05, 4.69) is 120 Å². The molecule has 3 aromatic heterocycles. The van der Waals surface area contributed by atoms with E-state index in [0.29, 0.717) is 5.58 Å². The zero-order valence-corrected chi connectivity index (χ0v) is 23.6. The van der Waals surface area contributed by atoms with Crippen molar-refractivity contribution in [3.63, 3.8) is 0 Å². The zero-order chi connectivity index (χ0) is 29.0. The van der Waals surface area contributed by atoms with E-state index in [0.717, 1.165) is 83.1 Å². The Labute approximate surface area is 252 Å². The molecule has 44 heavy (non-hydrogen) atoms. The van der Waals surface area contributed by atoms with E-state index in [1.54, 1.807) is 6.33 Å². The molecule has 0 aliphatic carbocycles. The van der Waals surface area contributed by atoms with Crippen molar-refractivity contribution in [3.05, 3.63) is 146 Å². The van der Waals surface area contributed by atoms with Crippen molar-refractivity contribution in [1.29, 1.82) is 0 Å². The molecule has 0 radical (unpaired) electrons. The van der Waals surface area contributed by atoms with Crippen molar-refractivity contribution in [2.75, 3.05) is 0 Å². The highest BCUT2D eigenvalue weighted by Gasteiger charge is 2.17. The van der Waals surface area contributed by atoms with Crippen LogP contribution >= 0.6 is 0 Å². The molecule has 0 saturated carbocycles. The Bertz CT molecular complexity index is 2510. The van der Waals surface area contributed by atoms with Gasteiger partial charge in [-0.15, -0.1) is 0 Å². The lowest BCUT2D eigenvalue weighted by Crippen LogP contribution is -1.88. The summed E-state index contributed by atoms with van der Waals surface area (Å²) in [5.74, 6) is 0. The van der Waals surface area contributed by atoms with Crippen LogP contribution in [0.5, 0.6) is 0 Å². The highest BCUT2D eigenvalue weighted by Crippen LogP contribution is 2.39. The average Bonchev–Trinajstić information content (AvgIpc) is 3.67. The van der Waals surface area contributed by atoms with E-state index < -0.39 is 0 Å². The predicted octanol–water partition coefficient (Wildman–Crippen LogP) is 10.9. The Kier molecular flexibility index (Phi) is 5.47. The minimum absolute atomic E-state index is 0.690. The van der Waals surface area contributed by atoms with Gasteiger partial charge in [0.2, 0.25) is 0 Å². The first-order valence-electron chi connectivity index (χ1n) is 14.6. The highest BCUT2D eigenvalue weighted by atomic mass is 16.3. The van der Waals surface area contributed by atoms with Gasteiger partial charge in [-0.2, -0.15) is 0 Å². The zero-order valence-electron chi connectivity index (χ0n) is 23.6. The van der Waals surface area contributed by atoms with Crippen molar-refractivity contribution >= 4 is 44.0 Å². The van der Waals surface area contributed by atoms with E-state index >= 15 is 0 Å². The lowest BCUT2D eigenvalue weighted by Gasteiger charge is -2.09. The number of hydrogen-bond acceptors (Lipinski definition) is 4. The second kappa shape index (κ2) is 9.79. The molecule has 0 aliphatic heterocycles. The van der Waals surface area contributed by atoms with Gasteiger partial charge in [0.1, 0.15) is 34.3 Å². The van der Waals surface area contributed by atoms with Gasteiger partial charge in [-0.25, -0.2) is 9.97 Å². The lowest BCUT2D eigenvalue weighted by atomic mass is 9.96. The maximum atomic E-state index is 6.38. The fourth-order valence-electron chi connectivity index (χ4n) is 6.28. The molecule has 6 aromatic carbocycles. The van der Waals surface area contributed by atoms with E-state index in [4.69, 9.17) is 13.8 Å². The number of aromatic nitrogens is 2. The number of rotatable bonds is 4. The topological polar surface area (TPSA) is 52.1 Å². The summed E-state index contributed by atoms with van der Waals surface area (Å²) in [5, 5.41) is 3.24. The molecule has 0 N–H and O–H groups in total. The summed E-state index contributed by atoms with van der Waals surface area (Å²) in [6, 6.07) is 48.2. The maximum Gasteiger partial charge on any atom is 0.180 e. The van der Waals surface area contributed by atoms with Crippen LogP contribution in [0.1, 0.15) is 0 Å². The first kappa shape index (κ1) is 24.6. The molecule has 0 aliphatic rings. The lowest BCUT2D eigenvalue weighted by molar-refractivity contribution is 0.667. The Morgan fingerprint density at radius 1 is 0.386 bits per heavy atom. The number of fused-ring (bicyclic) bond motifs is 6. The summed E-state index contributed by atoms with van der Waals surface area (Å²) in [5.41, 5.74) is 12.5. The van der Waals surface area contributed by atoms with Gasteiger partial charge in [0.15, 0.2) is 5.58 Å². The van der Waals surface area contributed by atoms with Crippen molar-refractivity contribution in [2.45, 2.75) is 0 Å². The molecular formula is C40H24N2O2. The van der Waals surface area contributed by atoms with Crippen LogP contribution in [0, 0.1) is 0 Å². The molecule has 4 nitrogen and oxygen atoms in total. The monoisotopic (exact) mass is 564 g/mol. The molecule has 4 heteroatoms. The van der Waals surface area contributed by atoms with Crippen LogP contribution in [0.2, 0.25) is 0 Å². The fraction of sp³-hybridized carbons (Fsp3) is 0.